The van der Waals surface area contributed by atoms with E-state index in [1.54, 1.807) is 37.3 Å². The van der Waals surface area contributed by atoms with Gasteiger partial charge in [-0.15, -0.1) is 6.58 Å². The van der Waals surface area contributed by atoms with Crippen LogP contribution in [-0.2, 0) is 14.3 Å². The Balaban J connectivity index is 2.18. The first-order valence-corrected chi connectivity index (χ1v) is 8.53. The second-order valence-electron chi connectivity index (χ2n) is 4.71. The number of esters is 1. The van der Waals surface area contributed by atoms with Crippen LogP contribution < -0.4 is 4.74 Å². The molecule has 0 bridgehead atoms. The van der Waals surface area contributed by atoms with Crippen molar-refractivity contribution < 1.29 is 19.1 Å². The molecule has 1 aliphatic rings. The highest BCUT2D eigenvalue weighted by molar-refractivity contribution is 8.26. The van der Waals surface area contributed by atoms with Crippen LogP contribution in [-0.4, -0.2) is 40.9 Å². The van der Waals surface area contributed by atoms with Crippen LogP contribution in [0.1, 0.15) is 12.5 Å². The molecule has 0 radical (unpaired) electrons. The normalized spacial score (nSPS) is 15.7. The van der Waals surface area contributed by atoms with E-state index in [9.17, 15) is 9.59 Å². The van der Waals surface area contributed by atoms with Crippen LogP contribution in [0.4, 0.5) is 0 Å². The van der Waals surface area contributed by atoms with Crippen molar-refractivity contribution in [3.8, 4) is 5.75 Å². The average Bonchev–Trinajstić information content (AvgIpc) is 2.82. The second kappa shape index (κ2) is 8.65. The molecular weight excluding hydrogens is 346 g/mol. The van der Waals surface area contributed by atoms with Crippen LogP contribution in [0.25, 0.3) is 6.08 Å². The van der Waals surface area contributed by atoms with Gasteiger partial charge in [-0.3, -0.25) is 9.69 Å². The standard InChI is InChI=1S/C17H17NO4S2/c1-3-9-18-16(20)14(24-17(18)23)10-12-7-5-6-8-13(12)22-11-15(19)21-4-2/h3,5-8,10H,1,4,9,11H2,2H3/b14-10+. The van der Waals surface area contributed by atoms with Crippen LogP contribution in [0.5, 0.6) is 5.75 Å². The molecule has 1 fully saturated rings. The summed E-state index contributed by atoms with van der Waals surface area (Å²) in [5.41, 5.74) is 0.695. The number of thioether (sulfide) groups is 1. The first-order chi connectivity index (χ1) is 11.6. The van der Waals surface area contributed by atoms with Crippen molar-refractivity contribution in [1.29, 1.82) is 0 Å². The quantitative estimate of drug-likeness (QED) is 0.321. The van der Waals surface area contributed by atoms with Gasteiger partial charge >= 0.3 is 5.97 Å². The highest BCUT2D eigenvalue weighted by Crippen LogP contribution is 2.34. The van der Waals surface area contributed by atoms with Crippen molar-refractivity contribution in [2.75, 3.05) is 19.8 Å². The van der Waals surface area contributed by atoms with Crippen molar-refractivity contribution >= 4 is 46.3 Å². The largest absolute Gasteiger partial charge is 0.481 e. The summed E-state index contributed by atoms with van der Waals surface area (Å²) in [5, 5.41) is 0. The van der Waals surface area contributed by atoms with Crippen molar-refractivity contribution in [2.45, 2.75) is 6.92 Å². The Labute approximate surface area is 150 Å². The third-order valence-corrected chi connectivity index (χ3v) is 4.42. The van der Waals surface area contributed by atoms with E-state index in [0.717, 1.165) is 0 Å². The molecule has 1 saturated heterocycles. The van der Waals surface area contributed by atoms with Crippen LogP contribution in [0.2, 0.25) is 0 Å². The maximum atomic E-state index is 12.4. The minimum absolute atomic E-state index is 0.162. The van der Waals surface area contributed by atoms with Gasteiger partial charge in [0.05, 0.1) is 11.5 Å². The molecule has 1 aromatic rings. The molecule has 0 saturated carbocycles. The fraction of sp³-hybridized carbons (Fsp3) is 0.235. The molecule has 1 amide bonds. The lowest BCUT2D eigenvalue weighted by molar-refractivity contribution is -0.145. The number of rotatable bonds is 7. The monoisotopic (exact) mass is 363 g/mol. The van der Waals surface area contributed by atoms with Crippen LogP contribution in [0.15, 0.2) is 41.8 Å². The van der Waals surface area contributed by atoms with E-state index in [-0.39, 0.29) is 12.5 Å². The Morgan fingerprint density at radius 1 is 1.42 bits per heavy atom. The number of ether oxygens (including phenoxy) is 2. The van der Waals surface area contributed by atoms with E-state index in [0.29, 0.717) is 33.7 Å². The smallest absolute Gasteiger partial charge is 0.344 e. The van der Waals surface area contributed by atoms with Gasteiger partial charge in [0, 0.05) is 12.1 Å². The summed E-state index contributed by atoms with van der Waals surface area (Å²) >= 11 is 6.44. The van der Waals surface area contributed by atoms with E-state index in [2.05, 4.69) is 6.58 Å². The fourth-order valence-electron chi connectivity index (χ4n) is 2.00. The Hall–Kier alpha value is -2.12. The van der Waals surface area contributed by atoms with Gasteiger partial charge in [-0.1, -0.05) is 48.3 Å². The maximum Gasteiger partial charge on any atom is 0.344 e. The van der Waals surface area contributed by atoms with Gasteiger partial charge in [0.25, 0.3) is 5.91 Å². The lowest BCUT2D eigenvalue weighted by Gasteiger charge is -2.10. The number of nitrogens with zero attached hydrogens (tertiary/aromatic N) is 1. The highest BCUT2D eigenvalue weighted by Gasteiger charge is 2.31. The summed E-state index contributed by atoms with van der Waals surface area (Å²) in [6.45, 7) is 5.85. The molecular formula is C17H17NO4S2. The molecule has 0 atom stereocenters. The van der Waals surface area contributed by atoms with E-state index in [1.807, 2.05) is 6.07 Å². The topological polar surface area (TPSA) is 55.8 Å². The minimum atomic E-state index is -0.440. The van der Waals surface area contributed by atoms with Gasteiger partial charge in [-0.2, -0.15) is 0 Å². The molecule has 126 valence electrons. The highest BCUT2D eigenvalue weighted by atomic mass is 32.2. The first kappa shape index (κ1) is 18.2. The predicted octanol–water partition coefficient (Wildman–Crippen LogP) is 3.02. The lowest BCUT2D eigenvalue weighted by Crippen LogP contribution is -2.27. The van der Waals surface area contributed by atoms with E-state index in [1.165, 1.54) is 16.7 Å². The summed E-state index contributed by atoms with van der Waals surface area (Å²) in [5.74, 6) is -0.103. The average molecular weight is 363 g/mol. The van der Waals surface area contributed by atoms with Gasteiger partial charge in [0.2, 0.25) is 0 Å². The van der Waals surface area contributed by atoms with Crippen molar-refractivity contribution in [1.82, 2.24) is 4.90 Å². The number of amides is 1. The van der Waals surface area contributed by atoms with Gasteiger partial charge in [0.1, 0.15) is 10.1 Å². The zero-order valence-electron chi connectivity index (χ0n) is 13.2. The number of hydrogen-bond donors (Lipinski definition) is 0. The molecule has 7 heteroatoms. The maximum absolute atomic E-state index is 12.4. The van der Waals surface area contributed by atoms with Gasteiger partial charge in [-0.05, 0) is 19.1 Å². The van der Waals surface area contributed by atoms with E-state index >= 15 is 0 Å². The molecule has 0 aliphatic carbocycles. The molecule has 0 aromatic heterocycles. The minimum Gasteiger partial charge on any atom is -0.481 e. The summed E-state index contributed by atoms with van der Waals surface area (Å²) in [6, 6.07) is 7.16. The van der Waals surface area contributed by atoms with Crippen molar-refractivity contribution in [3.05, 3.63) is 47.4 Å². The number of carbonyl (C=O) groups excluding carboxylic acids is 2. The second-order valence-corrected chi connectivity index (χ2v) is 6.39. The summed E-state index contributed by atoms with van der Waals surface area (Å²) in [6.07, 6.45) is 3.34. The number of benzene rings is 1. The molecule has 1 aromatic carbocycles. The molecule has 24 heavy (non-hydrogen) atoms. The van der Waals surface area contributed by atoms with Crippen molar-refractivity contribution in [3.63, 3.8) is 0 Å². The zero-order chi connectivity index (χ0) is 17.5. The molecule has 5 nitrogen and oxygen atoms in total. The molecule has 0 unspecified atom stereocenters. The Kier molecular flexibility index (Phi) is 6.57. The molecule has 1 heterocycles. The first-order valence-electron chi connectivity index (χ1n) is 7.30. The molecule has 0 spiro atoms. The van der Waals surface area contributed by atoms with Crippen molar-refractivity contribution in [2.24, 2.45) is 0 Å². The zero-order valence-corrected chi connectivity index (χ0v) is 14.8. The number of para-hydroxylation sites is 1. The summed E-state index contributed by atoms with van der Waals surface area (Å²) < 4.78 is 10.8. The van der Waals surface area contributed by atoms with E-state index < -0.39 is 5.97 Å². The lowest BCUT2D eigenvalue weighted by atomic mass is 10.2. The van der Waals surface area contributed by atoms with Gasteiger partial charge < -0.3 is 9.47 Å². The predicted molar refractivity (Wildman–Crippen MR) is 98.6 cm³/mol. The van der Waals surface area contributed by atoms with Crippen LogP contribution >= 0.6 is 24.0 Å². The fourth-order valence-corrected chi connectivity index (χ4v) is 3.26. The third-order valence-electron chi connectivity index (χ3n) is 3.04. The summed E-state index contributed by atoms with van der Waals surface area (Å²) in [7, 11) is 0. The Morgan fingerprint density at radius 2 is 2.17 bits per heavy atom. The SMILES string of the molecule is C=CCN1C(=O)/C(=C\c2ccccc2OCC(=O)OCC)SC1=S. The van der Waals surface area contributed by atoms with Crippen LogP contribution in [0.3, 0.4) is 0 Å². The number of thiocarbonyl (C=S) groups is 1. The van der Waals surface area contributed by atoms with Gasteiger partial charge in [-0.25, -0.2) is 4.79 Å². The number of hydrogen-bond acceptors (Lipinski definition) is 6. The Morgan fingerprint density at radius 3 is 2.88 bits per heavy atom. The summed E-state index contributed by atoms with van der Waals surface area (Å²) in [4.78, 5) is 25.8. The van der Waals surface area contributed by atoms with Crippen LogP contribution in [0, 0.1) is 0 Å². The van der Waals surface area contributed by atoms with Gasteiger partial charge in [0.15, 0.2) is 6.61 Å². The number of carbonyl (C=O) groups is 2. The Bertz CT molecular complexity index is 700. The van der Waals surface area contributed by atoms with E-state index in [4.69, 9.17) is 21.7 Å². The third kappa shape index (κ3) is 4.46. The molecule has 2 rings (SSSR count). The molecule has 1 aliphatic heterocycles. The molecule has 0 N–H and O–H groups in total.